The molecule has 0 spiro atoms. The molecule has 0 aromatic carbocycles. The number of fused-ring (bicyclic) bond motifs is 1. The van der Waals surface area contributed by atoms with Crippen molar-refractivity contribution in [3.8, 4) is 0 Å². The molecule has 0 aliphatic rings. The number of nitrogens with one attached hydrogen (secondary N) is 2. The third kappa shape index (κ3) is 3.98. The lowest BCUT2D eigenvalue weighted by Gasteiger charge is -2.13. The van der Waals surface area contributed by atoms with Crippen molar-refractivity contribution in [2.45, 2.75) is 39.4 Å². The number of aryl methyl sites for hydroxylation is 2. The Morgan fingerprint density at radius 2 is 2.15 bits per heavy atom. The minimum absolute atomic E-state index is 0.116. The van der Waals surface area contributed by atoms with E-state index >= 15 is 0 Å². The fraction of sp³-hybridized carbons (Fsp3) is 0.412. The maximum atomic E-state index is 12.8. The Balaban J connectivity index is 1.83. The molecule has 3 aromatic rings. The molecule has 0 saturated carbocycles. The van der Waals surface area contributed by atoms with Gasteiger partial charge in [0.2, 0.25) is 5.91 Å². The second kappa shape index (κ2) is 7.36. The highest BCUT2D eigenvalue weighted by Crippen LogP contribution is 2.20. The largest absolute Gasteiger partial charge is 0.360 e. The van der Waals surface area contributed by atoms with Gasteiger partial charge < -0.3 is 14.8 Å². The smallest absolute Gasteiger partial charge is 0.278 e. The van der Waals surface area contributed by atoms with E-state index in [2.05, 4.69) is 20.4 Å². The monoisotopic (exact) mass is 375 g/mol. The highest BCUT2D eigenvalue weighted by molar-refractivity contribution is 7.99. The van der Waals surface area contributed by atoms with E-state index in [1.165, 1.54) is 11.8 Å². The van der Waals surface area contributed by atoms with Gasteiger partial charge in [-0.05, 0) is 25.8 Å². The number of H-pyrrole nitrogens is 1. The lowest BCUT2D eigenvalue weighted by Crippen LogP contribution is -2.26. The van der Waals surface area contributed by atoms with Crippen LogP contribution in [-0.4, -0.2) is 31.4 Å². The van der Waals surface area contributed by atoms with Crippen LogP contribution in [0.4, 0.5) is 5.82 Å². The van der Waals surface area contributed by atoms with Crippen molar-refractivity contribution in [1.29, 1.82) is 0 Å². The Bertz CT molecular complexity index is 1000. The van der Waals surface area contributed by atoms with Crippen molar-refractivity contribution in [1.82, 2.24) is 19.7 Å². The fourth-order valence-corrected chi connectivity index (χ4v) is 3.39. The molecule has 1 amide bonds. The molecule has 2 N–H and O–H groups in total. The zero-order chi connectivity index (χ0) is 18.8. The predicted octanol–water partition coefficient (Wildman–Crippen LogP) is 2.72. The van der Waals surface area contributed by atoms with Crippen LogP contribution in [0, 0.1) is 19.8 Å². The van der Waals surface area contributed by atoms with Gasteiger partial charge in [0.05, 0.1) is 11.3 Å². The summed E-state index contributed by atoms with van der Waals surface area (Å²) in [4.78, 5) is 32.6. The van der Waals surface area contributed by atoms with Crippen LogP contribution >= 0.6 is 11.8 Å². The van der Waals surface area contributed by atoms with Gasteiger partial charge in [0.25, 0.3) is 5.56 Å². The lowest BCUT2D eigenvalue weighted by atomic mass is 10.2. The minimum Gasteiger partial charge on any atom is -0.360 e. The number of hydrogen-bond donors (Lipinski definition) is 2. The van der Waals surface area contributed by atoms with E-state index in [1.807, 2.05) is 26.8 Å². The molecule has 138 valence electrons. The first kappa shape index (κ1) is 18.2. The number of carbonyl (C=O) groups is 1. The molecule has 0 radical (unpaired) electrons. The Labute approximate surface area is 154 Å². The van der Waals surface area contributed by atoms with Crippen LogP contribution in [0.3, 0.4) is 0 Å². The van der Waals surface area contributed by atoms with Crippen molar-refractivity contribution in [3.05, 3.63) is 33.9 Å². The van der Waals surface area contributed by atoms with Crippen molar-refractivity contribution >= 4 is 34.5 Å². The summed E-state index contributed by atoms with van der Waals surface area (Å²) < 4.78 is 6.55. The molecule has 0 aliphatic carbocycles. The van der Waals surface area contributed by atoms with Gasteiger partial charge in [-0.3, -0.25) is 14.2 Å². The van der Waals surface area contributed by atoms with Crippen molar-refractivity contribution in [2.24, 2.45) is 5.92 Å². The summed E-state index contributed by atoms with van der Waals surface area (Å²) in [6.45, 7) is 8.23. The van der Waals surface area contributed by atoms with Gasteiger partial charge in [-0.25, -0.2) is 4.98 Å². The number of aromatic amines is 1. The van der Waals surface area contributed by atoms with E-state index in [1.54, 1.807) is 17.6 Å². The van der Waals surface area contributed by atoms with E-state index in [0.717, 1.165) is 5.69 Å². The van der Waals surface area contributed by atoms with Gasteiger partial charge in [0.1, 0.15) is 11.3 Å². The molecule has 3 rings (SSSR count). The summed E-state index contributed by atoms with van der Waals surface area (Å²) in [5.74, 6) is 1.14. The second-order valence-corrected chi connectivity index (χ2v) is 7.52. The first-order chi connectivity index (χ1) is 12.3. The average Bonchev–Trinajstić information content (AvgIpc) is 3.13. The standard InChI is InChI=1S/C17H21N5O3S/c1-9(2)7-22-16(24)15-12(5-10(3)18-15)19-17(22)26-8-14(23)20-13-6-11(4)25-21-13/h5-6,9,18H,7-8H2,1-4H3,(H,20,21,23). The summed E-state index contributed by atoms with van der Waals surface area (Å²) in [6.07, 6.45) is 0. The molecule has 9 heteroatoms. The van der Waals surface area contributed by atoms with Gasteiger partial charge in [-0.1, -0.05) is 30.8 Å². The Morgan fingerprint density at radius 1 is 1.38 bits per heavy atom. The third-order valence-electron chi connectivity index (χ3n) is 3.61. The highest BCUT2D eigenvalue weighted by Gasteiger charge is 2.16. The number of rotatable bonds is 6. The van der Waals surface area contributed by atoms with E-state index in [4.69, 9.17) is 4.52 Å². The van der Waals surface area contributed by atoms with E-state index in [0.29, 0.717) is 34.3 Å². The maximum Gasteiger partial charge on any atom is 0.278 e. The lowest BCUT2D eigenvalue weighted by molar-refractivity contribution is -0.113. The molecular weight excluding hydrogens is 354 g/mol. The zero-order valence-corrected chi connectivity index (χ0v) is 15.9. The molecule has 3 aromatic heterocycles. The number of aromatic nitrogens is 4. The Kier molecular flexibility index (Phi) is 5.17. The molecule has 0 fully saturated rings. The second-order valence-electron chi connectivity index (χ2n) is 6.58. The topological polar surface area (TPSA) is 106 Å². The number of anilines is 1. The molecule has 26 heavy (non-hydrogen) atoms. The number of carbonyl (C=O) groups excluding carboxylic acids is 1. The van der Waals surface area contributed by atoms with Crippen molar-refractivity contribution in [2.75, 3.05) is 11.1 Å². The summed E-state index contributed by atoms with van der Waals surface area (Å²) in [6, 6.07) is 3.48. The number of amides is 1. The molecule has 0 atom stereocenters. The molecular formula is C17H21N5O3S. The van der Waals surface area contributed by atoms with Gasteiger partial charge >= 0.3 is 0 Å². The van der Waals surface area contributed by atoms with E-state index in [9.17, 15) is 9.59 Å². The predicted molar refractivity (Wildman–Crippen MR) is 101 cm³/mol. The molecule has 3 heterocycles. The third-order valence-corrected chi connectivity index (χ3v) is 4.59. The number of nitrogens with zero attached hydrogens (tertiary/aromatic N) is 3. The summed E-state index contributed by atoms with van der Waals surface area (Å²) in [5, 5.41) is 6.93. The van der Waals surface area contributed by atoms with Gasteiger partial charge in [-0.2, -0.15) is 0 Å². The van der Waals surface area contributed by atoms with Gasteiger partial charge in [-0.15, -0.1) is 0 Å². The van der Waals surface area contributed by atoms with Crippen LogP contribution in [-0.2, 0) is 11.3 Å². The number of hydrogen-bond acceptors (Lipinski definition) is 6. The molecule has 0 saturated heterocycles. The zero-order valence-electron chi connectivity index (χ0n) is 15.1. The normalized spacial score (nSPS) is 11.4. The van der Waals surface area contributed by atoms with Crippen LogP contribution in [0.25, 0.3) is 11.0 Å². The average molecular weight is 375 g/mol. The van der Waals surface area contributed by atoms with E-state index < -0.39 is 0 Å². The molecule has 0 bridgehead atoms. The summed E-state index contributed by atoms with van der Waals surface area (Å²) >= 11 is 1.23. The molecule has 0 aliphatic heterocycles. The first-order valence-electron chi connectivity index (χ1n) is 8.29. The Hall–Kier alpha value is -2.55. The van der Waals surface area contributed by atoms with Gasteiger partial charge in [0.15, 0.2) is 11.0 Å². The highest BCUT2D eigenvalue weighted by atomic mass is 32.2. The van der Waals surface area contributed by atoms with Crippen molar-refractivity contribution < 1.29 is 9.32 Å². The maximum absolute atomic E-state index is 12.8. The fourth-order valence-electron chi connectivity index (χ4n) is 2.58. The SMILES string of the molecule is Cc1cc2nc(SCC(=O)Nc3cc(C)on3)n(CC(C)C)c(=O)c2[nH]1. The molecule has 8 nitrogen and oxygen atoms in total. The van der Waals surface area contributed by atoms with Crippen LogP contribution in [0.2, 0.25) is 0 Å². The van der Waals surface area contributed by atoms with Crippen molar-refractivity contribution in [3.63, 3.8) is 0 Å². The van der Waals surface area contributed by atoms with Crippen LogP contribution in [0.5, 0.6) is 0 Å². The van der Waals surface area contributed by atoms with Crippen LogP contribution < -0.4 is 10.9 Å². The minimum atomic E-state index is -0.237. The van der Waals surface area contributed by atoms with E-state index in [-0.39, 0.29) is 23.1 Å². The quantitative estimate of drug-likeness (QED) is 0.507. The number of thioether (sulfide) groups is 1. The molecule has 0 unspecified atom stereocenters. The summed E-state index contributed by atoms with van der Waals surface area (Å²) in [7, 11) is 0. The van der Waals surface area contributed by atoms with Crippen LogP contribution in [0.1, 0.15) is 25.3 Å². The first-order valence-corrected chi connectivity index (χ1v) is 9.28. The van der Waals surface area contributed by atoms with Crippen LogP contribution in [0.15, 0.2) is 26.6 Å². The summed E-state index contributed by atoms with van der Waals surface area (Å²) in [5.41, 5.74) is 1.87. The Morgan fingerprint density at radius 3 is 2.81 bits per heavy atom. The van der Waals surface area contributed by atoms with Gasteiger partial charge in [0, 0.05) is 18.3 Å².